The fraction of sp³-hybridized carbons (Fsp3) is 0.786. The van der Waals surface area contributed by atoms with E-state index in [0.717, 1.165) is 25.9 Å². The summed E-state index contributed by atoms with van der Waals surface area (Å²) in [6.45, 7) is 11.0. The highest BCUT2D eigenvalue weighted by atomic mass is 15.3. The largest absolute Gasteiger partial charge is 0.297 e. The molecule has 0 saturated heterocycles. The molecule has 1 aromatic rings. The molecular weight excluding hydrogens is 238 g/mol. The second kappa shape index (κ2) is 7.03. The second-order valence-corrected chi connectivity index (χ2v) is 5.33. The summed E-state index contributed by atoms with van der Waals surface area (Å²) in [6.07, 6.45) is 5.93. The molecule has 0 fully saturated rings. The van der Waals surface area contributed by atoms with Crippen molar-refractivity contribution in [2.45, 2.75) is 52.1 Å². The van der Waals surface area contributed by atoms with Gasteiger partial charge in [-0.1, -0.05) is 20.8 Å². The van der Waals surface area contributed by atoms with Crippen LogP contribution in [0.25, 0.3) is 0 Å². The third-order valence-corrected chi connectivity index (χ3v) is 4.35. The van der Waals surface area contributed by atoms with Crippen LogP contribution in [0.15, 0.2) is 12.4 Å². The lowest BCUT2D eigenvalue weighted by Gasteiger charge is -2.45. The molecule has 1 rings (SSSR count). The second-order valence-electron chi connectivity index (χ2n) is 5.33. The van der Waals surface area contributed by atoms with E-state index in [1.54, 1.807) is 0 Å². The van der Waals surface area contributed by atoms with Gasteiger partial charge in [0.15, 0.2) is 0 Å². The smallest absolute Gasteiger partial charge is 0.0522 e. The summed E-state index contributed by atoms with van der Waals surface area (Å²) >= 11 is 0. The van der Waals surface area contributed by atoms with E-state index >= 15 is 0 Å². The molecule has 5 nitrogen and oxygen atoms in total. The lowest BCUT2D eigenvalue weighted by Crippen LogP contribution is -2.61. The lowest BCUT2D eigenvalue weighted by atomic mass is 9.84. The predicted octanol–water partition coefficient (Wildman–Crippen LogP) is 1.31. The Bertz CT molecular complexity index is 372. The highest BCUT2D eigenvalue weighted by molar-refractivity contribution is 5.10. The summed E-state index contributed by atoms with van der Waals surface area (Å²) in [6, 6.07) is 0.210. The van der Waals surface area contributed by atoms with Crippen LogP contribution in [0.3, 0.4) is 0 Å². The number of hydrazine groups is 1. The van der Waals surface area contributed by atoms with Gasteiger partial charge in [-0.25, -0.2) is 0 Å². The highest BCUT2D eigenvalue weighted by Crippen LogP contribution is 2.25. The average Bonchev–Trinajstić information content (AvgIpc) is 2.82. The van der Waals surface area contributed by atoms with Gasteiger partial charge in [-0.3, -0.25) is 20.9 Å². The normalized spacial score (nSPS) is 16.6. The minimum absolute atomic E-state index is 0.0497. The van der Waals surface area contributed by atoms with Crippen LogP contribution in [0.4, 0.5) is 0 Å². The first-order chi connectivity index (χ1) is 9.01. The van der Waals surface area contributed by atoms with Gasteiger partial charge >= 0.3 is 0 Å². The molecule has 2 unspecified atom stereocenters. The standard InChI is InChI=1S/C14H29N5/c1-6-14(4,19(7-2)8-3)13(17-15)9-12-10-16-18(5)11-12/h10-11,13,17H,6-9,15H2,1-5H3. The molecule has 5 heteroatoms. The first kappa shape index (κ1) is 16.1. The van der Waals surface area contributed by atoms with E-state index in [0.29, 0.717) is 0 Å². The number of aryl methyl sites for hydroxylation is 1. The van der Waals surface area contributed by atoms with Gasteiger partial charge < -0.3 is 0 Å². The van der Waals surface area contributed by atoms with Crippen molar-refractivity contribution in [1.82, 2.24) is 20.1 Å². The number of rotatable bonds is 8. The Morgan fingerprint density at radius 3 is 2.42 bits per heavy atom. The fourth-order valence-corrected chi connectivity index (χ4v) is 2.91. The molecular formula is C14H29N5. The van der Waals surface area contributed by atoms with Crippen LogP contribution in [0.5, 0.6) is 0 Å². The maximum Gasteiger partial charge on any atom is 0.0522 e. The monoisotopic (exact) mass is 267 g/mol. The Morgan fingerprint density at radius 2 is 2.05 bits per heavy atom. The van der Waals surface area contributed by atoms with E-state index < -0.39 is 0 Å². The van der Waals surface area contributed by atoms with Crippen LogP contribution < -0.4 is 11.3 Å². The van der Waals surface area contributed by atoms with Gasteiger partial charge in [0, 0.05) is 24.8 Å². The molecule has 0 saturated carbocycles. The first-order valence-corrected chi connectivity index (χ1v) is 7.20. The molecule has 0 radical (unpaired) electrons. The lowest BCUT2D eigenvalue weighted by molar-refractivity contribution is 0.0701. The maximum atomic E-state index is 5.83. The first-order valence-electron chi connectivity index (χ1n) is 7.20. The summed E-state index contributed by atoms with van der Waals surface area (Å²) < 4.78 is 1.84. The summed E-state index contributed by atoms with van der Waals surface area (Å²) in [7, 11) is 1.94. The van der Waals surface area contributed by atoms with Crippen LogP contribution in [0.2, 0.25) is 0 Å². The number of nitrogens with two attached hydrogens (primary N) is 1. The van der Waals surface area contributed by atoms with Crippen molar-refractivity contribution in [2.24, 2.45) is 12.9 Å². The summed E-state index contributed by atoms with van der Waals surface area (Å²) in [4.78, 5) is 2.48. The topological polar surface area (TPSA) is 59.1 Å². The number of aromatic nitrogens is 2. The molecule has 19 heavy (non-hydrogen) atoms. The minimum atomic E-state index is 0.0497. The van der Waals surface area contributed by atoms with Crippen LogP contribution in [-0.4, -0.2) is 39.4 Å². The number of hydrogen-bond donors (Lipinski definition) is 2. The van der Waals surface area contributed by atoms with Crippen LogP contribution in [0, 0.1) is 0 Å². The van der Waals surface area contributed by atoms with Crippen molar-refractivity contribution in [3.63, 3.8) is 0 Å². The van der Waals surface area contributed by atoms with Crippen molar-refractivity contribution in [2.75, 3.05) is 13.1 Å². The molecule has 0 aromatic carbocycles. The van der Waals surface area contributed by atoms with Gasteiger partial charge in [-0.2, -0.15) is 5.10 Å². The van der Waals surface area contributed by atoms with Crippen LogP contribution in [-0.2, 0) is 13.5 Å². The van der Waals surface area contributed by atoms with E-state index in [1.165, 1.54) is 5.56 Å². The van der Waals surface area contributed by atoms with Gasteiger partial charge in [0.1, 0.15) is 0 Å². The van der Waals surface area contributed by atoms with Gasteiger partial charge in [0.2, 0.25) is 0 Å². The number of likely N-dealkylation sites (N-methyl/N-ethyl adjacent to an activating group) is 1. The van der Waals surface area contributed by atoms with Crippen molar-refractivity contribution < 1.29 is 0 Å². The Kier molecular flexibility index (Phi) is 5.97. The van der Waals surface area contributed by atoms with Crippen molar-refractivity contribution in [3.8, 4) is 0 Å². The molecule has 110 valence electrons. The van der Waals surface area contributed by atoms with E-state index in [-0.39, 0.29) is 11.6 Å². The van der Waals surface area contributed by atoms with Gasteiger partial charge in [-0.15, -0.1) is 0 Å². The van der Waals surface area contributed by atoms with E-state index in [9.17, 15) is 0 Å². The molecule has 3 N–H and O–H groups in total. The zero-order valence-electron chi connectivity index (χ0n) is 13.0. The van der Waals surface area contributed by atoms with Crippen LogP contribution >= 0.6 is 0 Å². The molecule has 1 heterocycles. The molecule has 0 aliphatic rings. The summed E-state index contributed by atoms with van der Waals surface area (Å²) in [5.74, 6) is 5.83. The third kappa shape index (κ3) is 3.55. The van der Waals surface area contributed by atoms with E-state index in [1.807, 2.05) is 17.9 Å². The molecule has 0 spiro atoms. The summed E-state index contributed by atoms with van der Waals surface area (Å²) in [5.41, 5.74) is 4.29. The maximum absolute atomic E-state index is 5.83. The Hall–Kier alpha value is -0.910. The number of nitrogens with one attached hydrogen (secondary N) is 1. The average molecular weight is 267 g/mol. The molecule has 0 amide bonds. The molecule has 0 bridgehead atoms. The van der Waals surface area contributed by atoms with Crippen molar-refractivity contribution in [3.05, 3.63) is 18.0 Å². The molecule has 0 aliphatic heterocycles. The molecule has 2 atom stereocenters. The van der Waals surface area contributed by atoms with Crippen molar-refractivity contribution in [1.29, 1.82) is 0 Å². The quantitative estimate of drug-likeness (QED) is 0.551. The van der Waals surface area contributed by atoms with Gasteiger partial charge in [0.25, 0.3) is 0 Å². The Morgan fingerprint density at radius 1 is 1.42 bits per heavy atom. The van der Waals surface area contributed by atoms with Crippen LogP contribution in [0.1, 0.15) is 39.7 Å². The Balaban J connectivity index is 2.91. The van der Waals surface area contributed by atoms with E-state index in [2.05, 4.69) is 49.3 Å². The highest BCUT2D eigenvalue weighted by Gasteiger charge is 2.36. The third-order valence-electron chi connectivity index (χ3n) is 4.35. The molecule has 1 aromatic heterocycles. The predicted molar refractivity (Wildman–Crippen MR) is 79.6 cm³/mol. The van der Waals surface area contributed by atoms with Crippen molar-refractivity contribution >= 4 is 0 Å². The zero-order valence-corrected chi connectivity index (χ0v) is 13.0. The van der Waals surface area contributed by atoms with Gasteiger partial charge in [-0.05, 0) is 38.4 Å². The summed E-state index contributed by atoms with van der Waals surface area (Å²) in [5, 5.41) is 4.23. The fourth-order valence-electron chi connectivity index (χ4n) is 2.91. The SMILES string of the molecule is CCN(CC)C(C)(CC)C(Cc1cnn(C)c1)NN. The van der Waals surface area contributed by atoms with Gasteiger partial charge in [0.05, 0.1) is 6.20 Å². The zero-order chi connectivity index (χ0) is 14.5. The Labute approximate surface area is 117 Å². The van der Waals surface area contributed by atoms with E-state index in [4.69, 9.17) is 5.84 Å². The number of hydrogen-bond acceptors (Lipinski definition) is 4. The minimum Gasteiger partial charge on any atom is -0.297 e. The molecule has 0 aliphatic carbocycles. The number of nitrogens with zero attached hydrogens (tertiary/aromatic N) is 3.